The Morgan fingerprint density at radius 3 is 2.49 bits per heavy atom. The number of aryl methyl sites for hydroxylation is 1. The topological polar surface area (TPSA) is 85.3 Å². The predicted octanol–water partition coefficient (Wildman–Crippen LogP) is 5.44. The fraction of sp³-hybridized carbons (Fsp3) is 0.267. The van der Waals surface area contributed by atoms with Crippen molar-refractivity contribution in [2.24, 2.45) is 0 Å². The molecule has 1 amide bonds. The number of nitrogens with zero attached hydrogens (tertiary/aromatic N) is 1. The Kier molecular flexibility index (Phi) is 6.86. The molecular weight excluding hydrogens is 470 g/mol. The zero-order valence-electron chi connectivity index (χ0n) is 20.9. The van der Waals surface area contributed by atoms with Gasteiger partial charge in [0.25, 0.3) is 11.7 Å². The average Bonchev–Trinajstić information content (AvgIpc) is 3.20. The van der Waals surface area contributed by atoms with Crippen LogP contribution in [0.4, 0.5) is 5.69 Å². The molecule has 2 aliphatic rings. The summed E-state index contributed by atoms with van der Waals surface area (Å²) in [6.07, 6.45) is 1.70. The zero-order valence-corrected chi connectivity index (χ0v) is 20.9. The Balaban J connectivity index is 1.66. The van der Waals surface area contributed by atoms with E-state index < -0.39 is 17.7 Å². The van der Waals surface area contributed by atoms with Gasteiger partial charge in [0.05, 0.1) is 31.4 Å². The van der Waals surface area contributed by atoms with Gasteiger partial charge in [0.2, 0.25) is 0 Å². The average molecular weight is 500 g/mol. The molecule has 7 heteroatoms. The van der Waals surface area contributed by atoms with Gasteiger partial charge in [-0.1, -0.05) is 30.3 Å². The first-order chi connectivity index (χ1) is 18.0. The maximum Gasteiger partial charge on any atom is 0.300 e. The van der Waals surface area contributed by atoms with Crippen molar-refractivity contribution in [2.75, 3.05) is 24.7 Å². The summed E-state index contributed by atoms with van der Waals surface area (Å²) >= 11 is 0. The zero-order chi connectivity index (χ0) is 25.9. The molecule has 1 atom stereocenters. The van der Waals surface area contributed by atoms with Crippen molar-refractivity contribution in [3.8, 4) is 17.2 Å². The van der Waals surface area contributed by atoms with Crippen LogP contribution >= 0.6 is 0 Å². The monoisotopic (exact) mass is 499 g/mol. The Morgan fingerprint density at radius 2 is 1.73 bits per heavy atom. The highest BCUT2D eigenvalue weighted by Gasteiger charge is 2.47. The molecular formula is C30H29NO6. The van der Waals surface area contributed by atoms with Crippen LogP contribution in [0.15, 0.2) is 72.3 Å². The summed E-state index contributed by atoms with van der Waals surface area (Å²) < 4.78 is 17.1. The van der Waals surface area contributed by atoms with E-state index in [2.05, 4.69) is 0 Å². The SMILES string of the molecule is CCOc1ccc(N2C(=O)C(=O)/C(=C(\O)c3ccc4c(c3)CCCO4)C2c2ccccc2)cc1OCC. The Bertz CT molecular complexity index is 1360. The van der Waals surface area contributed by atoms with Crippen molar-refractivity contribution >= 4 is 23.1 Å². The number of ketones is 1. The van der Waals surface area contributed by atoms with Crippen LogP contribution in [-0.4, -0.2) is 36.6 Å². The Morgan fingerprint density at radius 1 is 0.973 bits per heavy atom. The summed E-state index contributed by atoms with van der Waals surface area (Å²) in [5, 5.41) is 11.5. The van der Waals surface area contributed by atoms with Crippen LogP contribution in [0.5, 0.6) is 17.2 Å². The van der Waals surface area contributed by atoms with Gasteiger partial charge < -0.3 is 19.3 Å². The van der Waals surface area contributed by atoms with Gasteiger partial charge >= 0.3 is 0 Å². The Labute approximate surface area is 215 Å². The molecule has 2 heterocycles. The number of carbonyl (C=O) groups is 2. The van der Waals surface area contributed by atoms with E-state index in [0.717, 1.165) is 24.2 Å². The third kappa shape index (κ3) is 4.53. The molecule has 190 valence electrons. The Hall–Kier alpha value is -4.26. The summed E-state index contributed by atoms with van der Waals surface area (Å²) in [5.74, 6) is 0.137. The van der Waals surface area contributed by atoms with Crippen molar-refractivity contribution < 1.29 is 28.9 Å². The molecule has 37 heavy (non-hydrogen) atoms. The molecule has 2 aliphatic heterocycles. The van der Waals surface area contributed by atoms with Crippen LogP contribution in [0.3, 0.4) is 0 Å². The molecule has 0 spiro atoms. The third-order valence-corrected chi connectivity index (χ3v) is 6.55. The second-order valence-corrected chi connectivity index (χ2v) is 8.85. The highest BCUT2D eigenvalue weighted by molar-refractivity contribution is 6.51. The van der Waals surface area contributed by atoms with Crippen molar-refractivity contribution in [1.29, 1.82) is 0 Å². The fourth-order valence-corrected chi connectivity index (χ4v) is 4.90. The molecule has 7 nitrogen and oxygen atoms in total. The van der Waals surface area contributed by atoms with E-state index in [1.165, 1.54) is 4.90 Å². The maximum atomic E-state index is 13.5. The summed E-state index contributed by atoms with van der Waals surface area (Å²) in [5.41, 5.74) is 2.66. The largest absolute Gasteiger partial charge is 0.507 e. The van der Waals surface area contributed by atoms with Crippen LogP contribution in [0.2, 0.25) is 0 Å². The number of rotatable bonds is 7. The summed E-state index contributed by atoms with van der Waals surface area (Å²) in [6, 6.07) is 18.9. The lowest BCUT2D eigenvalue weighted by atomic mass is 9.94. The van der Waals surface area contributed by atoms with Crippen LogP contribution in [-0.2, 0) is 16.0 Å². The summed E-state index contributed by atoms with van der Waals surface area (Å²) in [4.78, 5) is 28.4. The van der Waals surface area contributed by atoms with Gasteiger partial charge in [-0.05, 0) is 68.1 Å². The van der Waals surface area contributed by atoms with Crippen molar-refractivity contribution in [3.05, 3.63) is 89.0 Å². The molecule has 1 N–H and O–H groups in total. The number of Topliss-reactive ketones (excluding diaryl/α,β-unsaturated/α-hetero) is 1. The fourth-order valence-electron chi connectivity index (χ4n) is 4.90. The maximum absolute atomic E-state index is 13.5. The molecule has 0 aromatic heterocycles. The lowest BCUT2D eigenvalue weighted by Gasteiger charge is -2.26. The lowest BCUT2D eigenvalue weighted by Crippen LogP contribution is -2.29. The van der Waals surface area contributed by atoms with E-state index in [1.54, 1.807) is 30.3 Å². The van der Waals surface area contributed by atoms with E-state index in [4.69, 9.17) is 14.2 Å². The van der Waals surface area contributed by atoms with E-state index in [1.807, 2.05) is 50.2 Å². The van der Waals surface area contributed by atoms with Gasteiger partial charge in [0.15, 0.2) is 11.5 Å². The standard InChI is InChI=1S/C30H29NO6/c1-3-35-24-15-13-22(18-25(24)36-4-2)31-27(19-9-6-5-7-10-19)26(29(33)30(31)34)28(32)21-12-14-23-20(17-21)11-8-16-37-23/h5-7,9-10,12-15,17-18,27,32H,3-4,8,11,16H2,1-2H3/b28-26-. The minimum Gasteiger partial charge on any atom is -0.507 e. The van der Waals surface area contributed by atoms with Crippen molar-refractivity contribution in [1.82, 2.24) is 0 Å². The smallest absolute Gasteiger partial charge is 0.300 e. The predicted molar refractivity (Wildman–Crippen MR) is 140 cm³/mol. The van der Waals surface area contributed by atoms with Crippen molar-refractivity contribution in [2.45, 2.75) is 32.7 Å². The molecule has 3 aromatic rings. The van der Waals surface area contributed by atoms with Crippen LogP contribution in [0.25, 0.3) is 5.76 Å². The van der Waals surface area contributed by atoms with Crippen LogP contribution < -0.4 is 19.1 Å². The number of hydrogen-bond donors (Lipinski definition) is 1. The second-order valence-electron chi connectivity index (χ2n) is 8.85. The first-order valence-electron chi connectivity index (χ1n) is 12.5. The summed E-state index contributed by atoms with van der Waals surface area (Å²) in [7, 11) is 0. The number of aliphatic hydroxyl groups excluding tert-OH is 1. The lowest BCUT2D eigenvalue weighted by molar-refractivity contribution is -0.132. The minimum atomic E-state index is -0.819. The van der Waals surface area contributed by atoms with Crippen molar-refractivity contribution in [3.63, 3.8) is 0 Å². The molecule has 1 fully saturated rings. The van der Waals surface area contributed by atoms with E-state index in [0.29, 0.717) is 48.1 Å². The van der Waals surface area contributed by atoms with E-state index in [-0.39, 0.29) is 11.3 Å². The molecule has 0 radical (unpaired) electrons. The van der Waals surface area contributed by atoms with E-state index >= 15 is 0 Å². The molecule has 0 bridgehead atoms. The number of ether oxygens (including phenoxy) is 3. The normalized spacial score (nSPS) is 18.3. The van der Waals surface area contributed by atoms with Crippen LogP contribution in [0.1, 0.15) is 43.0 Å². The number of hydrogen-bond acceptors (Lipinski definition) is 6. The molecule has 0 aliphatic carbocycles. The first kappa shape index (κ1) is 24.4. The molecule has 1 saturated heterocycles. The highest BCUT2D eigenvalue weighted by atomic mass is 16.5. The molecule has 1 unspecified atom stereocenters. The van der Waals surface area contributed by atoms with Crippen LogP contribution in [0, 0.1) is 0 Å². The number of amides is 1. The number of fused-ring (bicyclic) bond motifs is 1. The van der Waals surface area contributed by atoms with E-state index in [9.17, 15) is 14.7 Å². The van der Waals surface area contributed by atoms with Gasteiger partial charge in [-0.25, -0.2) is 0 Å². The summed E-state index contributed by atoms with van der Waals surface area (Å²) in [6.45, 7) is 5.27. The van der Waals surface area contributed by atoms with Gasteiger partial charge in [0, 0.05) is 17.3 Å². The second kappa shape index (κ2) is 10.4. The number of aliphatic hydroxyl groups is 1. The number of anilines is 1. The van der Waals surface area contributed by atoms with Gasteiger partial charge in [-0.15, -0.1) is 0 Å². The van der Waals surface area contributed by atoms with Gasteiger partial charge in [-0.2, -0.15) is 0 Å². The van der Waals surface area contributed by atoms with Gasteiger partial charge in [0.1, 0.15) is 11.5 Å². The molecule has 3 aromatic carbocycles. The molecule has 5 rings (SSSR count). The quantitative estimate of drug-likeness (QED) is 0.265. The number of carbonyl (C=O) groups excluding carboxylic acids is 2. The first-order valence-corrected chi connectivity index (χ1v) is 12.5. The minimum absolute atomic E-state index is 0.0414. The third-order valence-electron chi connectivity index (χ3n) is 6.55. The van der Waals surface area contributed by atoms with Gasteiger partial charge in [-0.3, -0.25) is 14.5 Å². The number of benzene rings is 3. The molecule has 0 saturated carbocycles. The highest BCUT2D eigenvalue weighted by Crippen LogP contribution is 2.44.